The minimum atomic E-state index is 0.844. The maximum atomic E-state index is 2.72. The smallest absolute Gasteiger partial charge is 0.0119 e. The lowest BCUT2D eigenvalue weighted by atomic mass is 10.0. The topological polar surface area (TPSA) is 3.24 Å². The molecule has 84 valence electrons. The molecule has 1 aliphatic rings. The van der Waals surface area contributed by atoms with E-state index >= 15 is 0 Å². The van der Waals surface area contributed by atoms with Crippen LogP contribution in [0.15, 0.2) is 0 Å². The van der Waals surface area contributed by atoms with E-state index in [2.05, 4.69) is 32.6 Å². The highest BCUT2D eigenvalue weighted by Gasteiger charge is 2.26. The van der Waals surface area contributed by atoms with Gasteiger partial charge in [0.2, 0.25) is 0 Å². The van der Waals surface area contributed by atoms with Gasteiger partial charge >= 0.3 is 0 Å². The fourth-order valence-electron chi connectivity index (χ4n) is 2.59. The summed E-state index contributed by atoms with van der Waals surface area (Å²) in [4.78, 5) is 2.72. The van der Waals surface area contributed by atoms with E-state index in [4.69, 9.17) is 0 Å². The summed E-state index contributed by atoms with van der Waals surface area (Å²) in [5, 5.41) is 0. The molecule has 0 aromatic heterocycles. The average Bonchev–Trinajstić information content (AvgIpc) is 2.51. The summed E-state index contributed by atoms with van der Waals surface area (Å²) in [6, 6.07) is 0.877. The molecule has 1 heteroatoms. The Morgan fingerprint density at radius 2 is 1.93 bits per heavy atom. The lowest BCUT2D eigenvalue weighted by molar-refractivity contribution is 0.200. The van der Waals surface area contributed by atoms with Gasteiger partial charge in [-0.15, -0.1) is 0 Å². The highest BCUT2D eigenvalue weighted by molar-refractivity contribution is 4.81. The zero-order valence-electron chi connectivity index (χ0n) is 10.4. The summed E-state index contributed by atoms with van der Waals surface area (Å²) in [6.45, 7) is 12.1. The third kappa shape index (κ3) is 3.61. The van der Waals surface area contributed by atoms with E-state index in [-0.39, 0.29) is 0 Å². The number of hydrogen-bond donors (Lipinski definition) is 0. The van der Waals surface area contributed by atoms with Crippen LogP contribution in [0.2, 0.25) is 0 Å². The average molecular weight is 197 g/mol. The maximum Gasteiger partial charge on any atom is 0.0119 e. The van der Waals surface area contributed by atoms with E-state index in [1.807, 2.05) is 0 Å². The summed E-state index contributed by atoms with van der Waals surface area (Å²) in [5.41, 5.74) is 0. The zero-order valence-corrected chi connectivity index (χ0v) is 10.4. The Kier molecular flexibility index (Phi) is 4.94. The van der Waals surface area contributed by atoms with Gasteiger partial charge in [-0.05, 0) is 50.6 Å². The van der Waals surface area contributed by atoms with Crippen LogP contribution in [0.25, 0.3) is 0 Å². The summed E-state index contributed by atoms with van der Waals surface area (Å²) in [7, 11) is 0. The first kappa shape index (κ1) is 12.0. The minimum Gasteiger partial charge on any atom is -0.300 e. The summed E-state index contributed by atoms with van der Waals surface area (Å²) in [5.74, 6) is 1.71. The number of likely N-dealkylation sites (tertiary alicyclic amines) is 1. The van der Waals surface area contributed by atoms with Crippen molar-refractivity contribution in [2.24, 2.45) is 11.8 Å². The molecule has 0 spiro atoms. The van der Waals surface area contributed by atoms with Crippen molar-refractivity contribution in [3.05, 3.63) is 0 Å². The Balaban J connectivity index is 2.22. The van der Waals surface area contributed by atoms with Gasteiger partial charge in [0.1, 0.15) is 0 Å². The van der Waals surface area contributed by atoms with Gasteiger partial charge in [0.05, 0.1) is 0 Å². The fourth-order valence-corrected chi connectivity index (χ4v) is 2.59. The SMILES string of the molecule is CC(C)CCCN1CCCC1C(C)C. The number of rotatable bonds is 5. The molecule has 1 fully saturated rings. The second-order valence-electron chi connectivity index (χ2n) is 5.53. The quantitative estimate of drug-likeness (QED) is 0.651. The second kappa shape index (κ2) is 5.75. The number of nitrogens with zero attached hydrogens (tertiary/aromatic N) is 1. The third-order valence-electron chi connectivity index (χ3n) is 3.41. The van der Waals surface area contributed by atoms with Gasteiger partial charge in [-0.3, -0.25) is 0 Å². The van der Waals surface area contributed by atoms with Gasteiger partial charge in [0.15, 0.2) is 0 Å². The van der Waals surface area contributed by atoms with Crippen molar-refractivity contribution in [2.45, 2.75) is 59.4 Å². The van der Waals surface area contributed by atoms with Crippen molar-refractivity contribution in [1.29, 1.82) is 0 Å². The normalized spacial score (nSPS) is 24.0. The molecule has 0 saturated carbocycles. The van der Waals surface area contributed by atoms with Crippen molar-refractivity contribution in [3.63, 3.8) is 0 Å². The van der Waals surface area contributed by atoms with E-state index in [9.17, 15) is 0 Å². The van der Waals surface area contributed by atoms with Crippen LogP contribution < -0.4 is 0 Å². The Morgan fingerprint density at radius 3 is 2.50 bits per heavy atom. The van der Waals surface area contributed by atoms with E-state index < -0.39 is 0 Å². The van der Waals surface area contributed by atoms with Crippen LogP contribution in [-0.2, 0) is 0 Å². The lowest BCUT2D eigenvalue weighted by Crippen LogP contribution is -2.34. The highest BCUT2D eigenvalue weighted by atomic mass is 15.2. The molecule has 14 heavy (non-hydrogen) atoms. The van der Waals surface area contributed by atoms with Gasteiger partial charge in [0.25, 0.3) is 0 Å². The Hall–Kier alpha value is -0.0400. The predicted molar refractivity (Wildman–Crippen MR) is 63.5 cm³/mol. The van der Waals surface area contributed by atoms with Crippen LogP contribution in [0.5, 0.6) is 0 Å². The third-order valence-corrected chi connectivity index (χ3v) is 3.41. The molecule has 1 rings (SSSR count). The molecule has 0 aromatic carbocycles. The van der Waals surface area contributed by atoms with Crippen LogP contribution in [0, 0.1) is 11.8 Å². The van der Waals surface area contributed by atoms with Gasteiger partial charge in [-0.2, -0.15) is 0 Å². The van der Waals surface area contributed by atoms with Crippen LogP contribution in [0.1, 0.15) is 53.4 Å². The number of hydrogen-bond acceptors (Lipinski definition) is 1. The second-order valence-corrected chi connectivity index (χ2v) is 5.53. The van der Waals surface area contributed by atoms with Crippen molar-refractivity contribution in [3.8, 4) is 0 Å². The first-order chi connectivity index (χ1) is 6.61. The zero-order chi connectivity index (χ0) is 10.6. The van der Waals surface area contributed by atoms with Crippen molar-refractivity contribution < 1.29 is 0 Å². The van der Waals surface area contributed by atoms with Crippen molar-refractivity contribution in [2.75, 3.05) is 13.1 Å². The monoisotopic (exact) mass is 197 g/mol. The summed E-state index contributed by atoms with van der Waals surface area (Å²) >= 11 is 0. The molecule has 0 aliphatic carbocycles. The van der Waals surface area contributed by atoms with Crippen LogP contribution in [-0.4, -0.2) is 24.0 Å². The van der Waals surface area contributed by atoms with Crippen molar-refractivity contribution >= 4 is 0 Å². The van der Waals surface area contributed by atoms with E-state index in [0.717, 1.165) is 17.9 Å². The molecule has 0 amide bonds. The molecule has 0 radical (unpaired) electrons. The Bertz CT molecular complexity index is 151. The van der Waals surface area contributed by atoms with E-state index in [1.165, 1.54) is 38.8 Å². The van der Waals surface area contributed by atoms with E-state index in [1.54, 1.807) is 0 Å². The summed E-state index contributed by atoms with van der Waals surface area (Å²) in [6.07, 6.45) is 5.63. The van der Waals surface area contributed by atoms with Gasteiger partial charge in [-0.1, -0.05) is 27.7 Å². The fraction of sp³-hybridized carbons (Fsp3) is 1.00. The molecule has 1 saturated heterocycles. The highest BCUT2D eigenvalue weighted by Crippen LogP contribution is 2.24. The molecule has 1 unspecified atom stereocenters. The lowest BCUT2D eigenvalue weighted by Gasteiger charge is -2.27. The Morgan fingerprint density at radius 1 is 1.21 bits per heavy atom. The first-order valence-corrected chi connectivity index (χ1v) is 6.35. The molecule has 1 nitrogen and oxygen atoms in total. The predicted octanol–water partition coefficient (Wildman–Crippen LogP) is 3.54. The summed E-state index contributed by atoms with van der Waals surface area (Å²) < 4.78 is 0. The molecule has 0 aromatic rings. The molecule has 0 N–H and O–H groups in total. The molecule has 1 atom stereocenters. The van der Waals surface area contributed by atoms with Crippen LogP contribution in [0.3, 0.4) is 0 Å². The first-order valence-electron chi connectivity index (χ1n) is 6.35. The van der Waals surface area contributed by atoms with E-state index in [0.29, 0.717) is 0 Å². The van der Waals surface area contributed by atoms with Crippen LogP contribution in [0.4, 0.5) is 0 Å². The maximum absolute atomic E-state index is 2.72. The molecule has 0 bridgehead atoms. The molecular formula is C13H27N. The van der Waals surface area contributed by atoms with Gasteiger partial charge in [0, 0.05) is 6.04 Å². The van der Waals surface area contributed by atoms with Gasteiger partial charge in [-0.25, -0.2) is 0 Å². The largest absolute Gasteiger partial charge is 0.300 e. The Labute approximate surface area is 89.9 Å². The minimum absolute atomic E-state index is 0.844. The molecular weight excluding hydrogens is 170 g/mol. The molecule has 1 heterocycles. The van der Waals surface area contributed by atoms with Crippen molar-refractivity contribution in [1.82, 2.24) is 4.90 Å². The van der Waals surface area contributed by atoms with Gasteiger partial charge < -0.3 is 4.90 Å². The molecule has 1 aliphatic heterocycles. The van der Waals surface area contributed by atoms with Crippen LogP contribution >= 0.6 is 0 Å². The standard InChI is InChI=1S/C13H27N/c1-11(2)7-5-9-14-10-6-8-13(14)12(3)4/h11-13H,5-10H2,1-4H3.